The molecular formula is C18H14O2S2. The van der Waals surface area contributed by atoms with E-state index in [-0.39, 0.29) is 0 Å². The summed E-state index contributed by atoms with van der Waals surface area (Å²) >= 11 is 3.29. The van der Waals surface area contributed by atoms with E-state index in [1.54, 1.807) is 29.2 Å². The van der Waals surface area contributed by atoms with E-state index in [4.69, 9.17) is 0 Å². The van der Waals surface area contributed by atoms with Crippen molar-refractivity contribution in [2.24, 2.45) is 0 Å². The normalized spacial score (nSPS) is 10.5. The van der Waals surface area contributed by atoms with Gasteiger partial charge in [0.15, 0.2) is 0 Å². The maximum atomic E-state index is 11.5. The van der Waals surface area contributed by atoms with Crippen molar-refractivity contribution in [3.05, 3.63) is 77.2 Å². The molecule has 0 aliphatic rings. The maximum Gasteiger partial charge on any atom is 0.336 e. The van der Waals surface area contributed by atoms with Crippen LogP contribution in [0.15, 0.2) is 70.9 Å². The summed E-state index contributed by atoms with van der Waals surface area (Å²) in [5.74, 6) is -0.234. The van der Waals surface area contributed by atoms with Crippen molar-refractivity contribution in [3.63, 3.8) is 0 Å². The van der Waals surface area contributed by atoms with Crippen molar-refractivity contribution in [2.45, 2.75) is 10.6 Å². The van der Waals surface area contributed by atoms with Crippen molar-refractivity contribution >= 4 is 29.1 Å². The van der Waals surface area contributed by atoms with Crippen molar-refractivity contribution in [2.75, 3.05) is 0 Å². The lowest BCUT2D eigenvalue weighted by Gasteiger charge is -2.11. The fourth-order valence-corrected chi connectivity index (χ4v) is 4.03. The maximum absolute atomic E-state index is 11.5. The zero-order valence-electron chi connectivity index (χ0n) is 11.7. The monoisotopic (exact) mass is 326 g/mol. The fourth-order valence-electron chi connectivity index (χ4n) is 2.28. The summed E-state index contributed by atoms with van der Waals surface area (Å²) in [6.07, 6.45) is 0. The third-order valence-electron chi connectivity index (χ3n) is 3.32. The first-order chi connectivity index (χ1) is 10.8. The second-order valence-corrected chi connectivity index (χ2v) is 6.71. The molecule has 0 atom stereocenters. The molecule has 22 heavy (non-hydrogen) atoms. The lowest BCUT2D eigenvalue weighted by Crippen LogP contribution is -2.03. The van der Waals surface area contributed by atoms with E-state index in [0.29, 0.717) is 11.3 Å². The summed E-state index contributed by atoms with van der Waals surface area (Å²) in [5.41, 5.74) is 2.28. The van der Waals surface area contributed by atoms with Crippen LogP contribution in [0.3, 0.4) is 0 Å². The quantitative estimate of drug-likeness (QED) is 0.637. The van der Waals surface area contributed by atoms with Crippen molar-refractivity contribution in [3.8, 4) is 10.4 Å². The van der Waals surface area contributed by atoms with Crippen LogP contribution in [0.5, 0.6) is 0 Å². The second-order valence-electron chi connectivity index (χ2n) is 4.72. The van der Waals surface area contributed by atoms with Gasteiger partial charge in [-0.05, 0) is 40.8 Å². The highest BCUT2D eigenvalue weighted by Gasteiger charge is 2.15. The second kappa shape index (κ2) is 6.81. The molecular weight excluding hydrogens is 312 g/mol. The van der Waals surface area contributed by atoms with Gasteiger partial charge in [0, 0.05) is 15.5 Å². The van der Waals surface area contributed by atoms with Crippen molar-refractivity contribution in [1.82, 2.24) is 0 Å². The van der Waals surface area contributed by atoms with E-state index in [2.05, 4.69) is 0 Å². The van der Waals surface area contributed by atoms with Crippen LogP contribution >= 0.6 is 23.1 Å². The van der Waals surface area contributed by atoms with Crippen molar-refractivity contribution < 1.29 is 9.90 Å². The van der Waals surface area contributed by atoms with Gasteiger partial charge < -0.3 is 5.11 Å². The molecule has 3 rings (SSSR count). The molecule has 0 fully saturated rings. The Bertz CT molecular complexity index is 765. The average Bonchev–Trinajstić information content (AvgIpc) is 3.07. The molecule has 0 unspecified atom stereocenters. The molecule has 110 valence electrons. The summed E-state index contributed by atoms with van der Waals surface area (Å²) in [6.45, 7) is 0. The molecule has 2 nitrogen and oxygen atoms in total. The molecule has 1 aromatic heterocycles. The molecule has 4 heteroatoms. The van der Waals surface area contributed by atoms with E-state index >= 15 is 0 Å². The van der Waals surface area contributed by atoms with Gasteiger partial charge in [0.05, 0.1) is 5.56 Å². The molecule has 0 bridgehead atoms. The summed E-state index contributed by atoms with van der Waals surface area (Å²) in [6, 6.07) is 19.6. The SMILES string of the molecule is O=C(O)c1cccc(-c2cccs2)c1CSc1ccccc1. The Morgan fingerprint density at radius 3 is 2.50 bits per heavy atom. The van der Waals surface area contributed by atoms with Crippen molar-refractivity contribution in [1.29, 1.82) is 0 Å². The highest BCUT2D eigenvalue weighted by Crippen LogP contribution is 2.34. The predicted octanol–water partition coefficient (Wildman–Crippen LogP) is 5.41. The zero-order chi connectivity index (χ0) is 15.4. The molecule has 1 N–H and O–H groups in total. The van der Waals surface area contributed by atoms with E-state index in [0.717, 1.165) is 20.9 Å². The number of hydrogen-bond donors (Lipinski definition) is 1. The first-order valence-corrected chi connectivity index (χ1v) is 8.69. The summed E-state index contributed by atoms with van der Waals surface area (Å²) in [7, 11) is 0. The molecule has 0 spiro atoms. The molecule has 0 aliphatic heterocycles. The topological polar surface area (TPSA) is 37.3 Å². The smallest absolute Gasteiger partial charge is 0.336 e. The van der Waals surface area contributed by atoms with Gasteiger partial charge in [-0.25, -0.2) is 4.79 Å². The molecule has 1 heterocycles. The molecule has 0 amide bonds. The summed E-state index contributed by atoms with van der Waals surface area (Å²) in [5, 5.41) is 11.5. The predicted molar refractivity (Wildman–Crippen MR) is 92.7 cm³/mol. The van der Waals surface area contributed by atoms with E-state index in [1.807, 2.05) is 60.0 Å². The van der Waals surface area contributed by atoms with Gasteiger partial charge in [0.1, 0.15) is 0 Å². The lowest BCUT2D eigenvalue weighted by atomic mass is 10.0. The summed E-state index contributed by atoms with van der Waals surface area (Å²) in [4.78, 5) is 13.8. The molecule has 0 aliphatic carbocycles. The van der Waals surface area contributed by atoms with Crippen LogP contribution in [0.25, 0.3) is 10.4 Å². The van der Waals surface area contributed by atoms with Crippen LogP contribution < -0.4 is 0 Å². The minimum absolute atomic E-state index is 0.384. The zero-order valence-corrected chi connectivity index (χ0v) is 13.4. The van der Waals surface area contributed by atoms with Gasteiger partial charge in [-0.2, -0.15) is 0 Å². The number of rotatable bonds is 5. The third kappa shape index (κ3) is 3.24. The third-order valence-corrected chi connectivity index (χ3v) is 5.26. The van der Waals surface area contributed by atoms with E-state index in [9.17, 15) is 9.90 Å². The number of benzene rings is 2. The number of aromatic carboxylic acids is 1. The molecule has 2 aromatic carbocycles. The Labute approximate surface area is 137 Å². The summed E-state index contributed by atoms with van der Waals surface area (Å²) < 4.78 is 0. The number of thiophene rings is 1. The number of carbonyl (C=O) groups is 1. The first kappa shape index (κ1) is 14.9. The number of carboxylic acid groups (broad SMARTS) is 1. The minimum Gasteiger partial charge on any atom is -0.478 e. The molecule has 0 radical (unpaired) electrons. The van der Waals surface area contributed by atoms with Crippen LogP contribution in [0, 0.1) is 0 Å². The largest absolute Gasteiger partial charge is 0.478 e. The lowest BCUT2D eigenvalue weighted by molar-refractivity contribution is 0.0696. The number of carboxylic acids is 1. The van der Waals surface area contributed by atoms with Crippen LogP contribution in [0.2, 0.25) is 0 Å². The van der Waals surface area contributed by atoms with Crippen LogP contribution in [-0.4, -0.2) is 11.1 Å². The Kier molecular flexibility index (Phi) is 4.61. The van der Waals surface area contributed by atoms with E-state index in [1.165, 1.54) is 0 Å². The van der Waals surface area contributed by atoms with Gasteiger partial charge in [0.25, 0.3) is 0 Å². The van der Waals surface area contributed by atoms with Gasteiger partial charge in [0.2, 0.25) is 0 Å². The van der Waals surface area contributed by atoms with Crippen LogP contribution in [0.1, 0.15) is 15.9 Å². The Hall–Kier alpha value is -2.04. The molecule has 3 aromatic rings. The minimum atomic E-state index is -0.873. The first-order valence-electron chi connectivity index (χ1n) is 6.82. The van der Waals surface area contributed by atoms with Gasteiger partial charge in [-0.1, -0.05) is 36.4 Å². The highest BCUT2D eigenvalue weighted by atomic mass is 32.2. The average molecular weight is 326 g/mol. The standard InChI is InChI=1S/C18H14O2S2/c19-18(20)15-9-4-8-14(17-10-5-11-21-17)16(15)12-22-13-6-2-1-3-7-13/h1-11H,12H2,(H,19,20). The number of hydrogen-bond acceptors (Lipinski definition) is 3. The van der Waals surface area contributed by atoms with Crippen LogP contribution in [-0.2, 0) is 5.75 Å². The number of thioether (sulfide) groups is 1. The van der Waals surface area contributed by atoms with Gasteiger partial charge in [-0.3, -0.25) is 0 Å². The van der Waals surface area contributed by atoms with E-state index < -0.39 is 5.97 Å². The Balaban J connectivity index is 1.98. The van der Waals surface area contributed by atoms with Gasteiger partial charge in [-0.15, -0.1) is 23.1 Å². The highest BCUT2D eigenvalue weighted by molar-refractivity contribution is 7.98. The fraction of sp³-hybridized carbons (Fsp3) is 0.0556. The van der Waals surface area contributed by atoms with Crippen LogP contribution in [0.4, 0.5) is 0 Å². The molecule has 0 saturated heterocycles. The Morgan fingerprint density at radius 1 is 1.00 bits per heavy atom. The van der Waals surface area contributed by atoms with Gasteiger partial charge >= 0.3 is 5.97 Å². The Morgan fingerprint density at radius 2 is 1.82 bits per heavy atom. The molecule has 0 saturated carbocycles.